The van der Waals surface area contributed by atoms with E-state index in [2.05, 4.69) is 28.1 Å². The molecule has 3 aromatic carbocycles. The molecule has 0 aliphatic heterocycles. The van der Waals surface area contributed by atoms with E-state index >= 15 is 0 Å². The van der Waals surface area contributed by atoms with Gasteiger partial charge in [0.2, 0.25) is 0 Å². The second-order valence-electron chi connectivity index (χ2n) is 7.12. The summed E-state index contributed by atoms with van der Waals surface area (Å²) >= 11 is 10.7. The number of fused-ring (bicyclic) bond motifs is 1. The molecule has 3 aliphatic rings. The van der Waals surface area contributed by atoms with E-state index in [1.165, 1.54) is 0 Å². The van der Waals surface area contributed by atoms with Gasteiger partial charge in [0, 0.05) is 11.8 Å². The van der Waals surface area contributed by atoms with Gasteiger partial charge in [0.25, 0.3) is 0 Å². The average molecular weight is 460 g/mol. The summed E-state index contributed by atoms with van der Waals surface area (Å²) in [6, 6.07) is 24.7. The minimum Gasteiger partial charge on any atom is -0.223 e. The van der Waals surface area contributed by atoms with E-state index in [1.54, 1.807) is 24.3 Å². The summed E-state index contributed by atoms with van der Waals surface area (Å²) in [4.78, 5) is 0.307. The third-order valence-corrected chi connectivity index (χ3v) is 9.84. The van der Waals surface area contributed by atoms with Gasteiger partial charge in [0.15, 0.2) is 9.84 Å². The molecule has 136 valence electrons. The number of halogens is 2. The maximum atomic E-state index is 13.7. The van der Waals surface area contributed by atoms with Crippen LogP contribution < -0.4 is 0 Å². The van der Waals surface area contributed by atoms with Gasteiger partial charge in [-0.15, -0.1) is 11.6 Å². The van der Waals surface area contributed by atoms with Crippen LogP contribution in [0.25, 0.3) is 0 Å². The summed E-state index contributed by atoms with van der Waals surface area (Å²) in [7, 11) is -3.66. The van der Waals surface area contributed by atoms with E-state index < -0.39 is 18.9 Å². The molecule has 2 bridgehead atoms. The lowest BCUT2D eigenvalue weighted by Crippen LogP contribution is -2.54. The molecule has 27 heavy (non-hydrogen) atoms. The molecule has 0 spiro atoms. The van der Waals surface area contributed by atoms with E-state index in [0.29, 0.717) is 4.90 Å². The molecule has 2 atom stereocenters. The van der Waals surface area contributed by atoms with Gasteiger partial charge >= 0.3 is 0 Å². The van der Waals surface area contributed by atoms with Crippen molar-refractivity contribution in [3.8, 4) is 0 Å². The number of sulfone groups is 1. The predicted octanol–water partition coefficient (Wildman–Crippen LogP) is 5.45. The first-order valence-corrected chi connectivity index (χ1v) is 11.5. The van der Waals surface area contributed by atoms with Gasteiger partial charge in [-0.25, -0.2) is 8.42 Å². The van der Waals surface area contributed by atoms with Gasteiger partial charge in [-0.1, -0.05) is 82.7 Å². The Morgan fingerprint density at radius 3 is 1.70 bits per heavy atom. The fourth-order valence-corrected chi connectivity index (χ4v) is 8.96. The van der Waals surface area contributed by atoms with Gasteiger partial charge in [0.05, 0.1) is 4.90 Å². The van der Waals surface area contributed by atoms with Crippen molar-refractivity contribution in [2.75, 3.05) is 0 Å². The van der Waals surface area contributed by atoms with Crippen molar-refractivity contribution in [1.82, 2.24) is 0 Å². The molecular weight excluding hydrogens is 444 g/mol. The van der Waals surface area contributed by atoms with E-state index in [0.717, 1.165) is 22.3 Å². The van der Waals surface area contributed by atoms with Crippen LogP contribution in [-0.2, 0) is 9.84 Å². The monoisotopic (exact) mass is 458 g/mol. The lowest BCUT2D eigenvalue weighted by Gasteiger charge is -2.52. The Balaban J connectivity index is 1.83. The summed E-state index contributed by atoms with van der Waals surface area (Å²) in [6.45, 7) is 0. The summed E-state index contributed by atoms with van der Waals surface area (Å²) in [6.07, 6.45) is 0. The number of benzene rings is 3. The molecule has 2 nitrogen and oxygen atoms in total. The average Bonchev–Trinajstić information content (AvgIpc) is 2.68. The van der Waals surface area contributed by atoms with Gasteiger partial charge < -0.3 is 0 Å². The van der Waals surface area contributed by atoms with E-state index in [-0.39, 0.29) is 11.8 Å². The first kappa shape index (κ1) is 17.5. The van der Waals surface area contributed by atoms with Gasteiger partial charge in [-0.05, 0) is 34.4 Å². The van der Waals surface area contributed by atoms with Gasteiger partial charge in [0.1, 0.15) is 9.03 Å². The van der Waals surface area contributed by atoms with Crippen LogP contribution in [0.1, 0.15) is 34.1 Å². The van der Waals surface area contributed by atoms with Crippen LogP contribution in [0.3, 0.4) is 0 Å². The summed E-state index contributed by atoms with van der Waals surface area (Å²) < 4.78 is 26.3. The van der Waals surface area contributed by atoms with Crippen molar-refractivity contribution in [3.05, 3.63) is 101 Å². The van der Waals surface area contributed by atoms with Crippen molar-refractivity contribution in [3.63, 3.8) is 0 Å². The lowest BCUT2D eigenvalue weighted by atomic mass is 9.63. The van der Waals surface area contributed by atoms with Crippen LogP contribution in [0.2, 0.25) is 0 Å². The second-order valence-corrected chi connectivity index (χ2v) is 11.6. The third kappa shape index (κ3) is 2.33. The maximum absolute atomic E-state index is 13.7. The molecule has 0 saturated heterocycles. The smallest absolute Gasteiger partial charge is 0.184 e. The minimum absolute atomic E-state index is 0.236. The van der Waals surface area contributed by atoms with Crippen LogP contribution in [-0.4, -0.2) is 17.5 Å². The van der Waals surface area contributed by atoms with Crippen molar-refractivity contribution in [1.29, 1.82) is 0 Å². The molecule has 3 aliphatic carbocycles. The highest BCUT2D eigenvalue weighted by Crippen LogP contribution is 2.64. The lowest BCUT2D eigenvalue weighted by molar-refractivity contribution is 0.481. The Morgan fingerprint density at radius 1 is 0.741 bits per heavy atom. The highest BCUT2D eigenvalue weighted by Gasteiger charge is 2.62. The van der Waals surface area contributed by atoms with Gasteiger partial charge in [-0.2, -0.15) is 0 Å². The molecule has 0 heterocycles. The van der Waals surface area contributed by atoms with Gasteiger partial charge in [-0.3, -0.25) is 0 Å². The van der Waals surface area contributed by atoms with Crippen LogP contribution in [0.5, 0.6) is 0 Å². The Bertz CT molecular complexity index is 1090. The highest BCUT2D eigenvalue weighted by molar-refractivity contribution is 9.10. The molecule has 0 saturated carbocycles. The van der Waals surface area contributed by atoms with Crippen LogP contribution in [0.4, 0.5) is 0 Å². The summed E-state index contributed by atoms with van der Waals surface area (Å²) in [5, 5.41) is -0.802. The predicted molar refractivity (Wildman–Crippen MR) is 111 cm³/mol. The molecule has 0 radical (unpaired) electrons. The zero-order chi connectivity index (χ0) is 18.8. The normalized spacial score (nSPS) is 28.4. The molecule has 0 unspecified atom stereocenters. The number of rotatable bonds is 2. The van der Waals surface area contributed by atoms with Crippen LogP contribution in [0, 0.1) is 0 Å². The van der Waals surface area contributed by atoms with E-state index in [9.17, 15) is 8.42 Å². The Labute approximate surface area is 172 Å². The topological polar surface area (TPSA) is 34.1 Å². The third-order valence-electron chi connectivity index (χ3n) is 5.76. The van der Waals surface area contributed by atoms with Crippen LogP contribution in [0.15, 0.2) is 83.8 Å². The Morgan fingerprint density at radius 2 is 1.19 bits per heavy atom. The SMILES string of the molecule is O=S(=O)(c1ccccc1)[C@@H]1C2c3ccccc3C(c3ccccc32)[C@]1(Cl)Br. The Kier molecular flexibility index (Phi) is 3.84. The number of hydrogen-bond donors (Lipinski definition) is 0. The van der Waals surface area contributed by atoms with Crippen molar-refractivity contribution >= 4 is 37.4 Å². The van der Waals surface area contributed by atoms with E-state index in [1.807, 2.05) is 42.5 Å². The molecular formula is C22H16BrClO2S. The molecule has 0 fully saturated rings. The molecule has 6 rings (SSSR count). The highest BCUT2D eigenvalue weighted by atomic mass is 79.9. The van der Waals surface area contributed by atoms with Crippen molar-refractivity contribution in [2.45, 2.75) is 25.8 Å². The Hall–Kier alpha value is -1.62. The zero-order valence-corrected chi connectivity index (χ0v) is 17.4. The first-order chi connectivity index (χ1) is 12.9. The summed E-state index contributed by atoms with van der Waals surface area (Å²) in [5.74, 6) is -0.551. The molecule has 5 heteroatoms. The van der Waals surface area contributed by atoms with Crippen molar-refractivity contribution in [2.24, 2.45) is 0 Å². The quantitative estimate of drug-likeness (QED) is 0.478. The molecule has 3 aromatic rings. The second kappa shape index (κ2) is 5.94. The molecule has 0 N–H and O–H groups in total. The summed E-state index contributed by atoms with van der Waals surface area (Å²) in [5.41, 5.74) is 4.32. The first-order valence-electron chi connectivity index (χ1n) is 8.78. The fraction of sp³-hybridized carbons (Fsp3) is 0.182. The number of alkyl halides is 2. The standard InChI is InChI=1S/C22H16BrClO2S/c23-22(24)20-17-12-6-4-10-15(17)19(16-11-5-7-13-18(16)20)21(22)27(25,26)14-8-2-1-3-9-14/h1-13,19-21H/t19?,20?,21-,22-/m1/s1. The molecule has 0 amide bonds. The molecule has 0 aromatic heterocycles. The van der Waals surface area contributed by atoms with Crippen molar-refractivity contribution < 1.29 is 8.42 Å². The largest absolute Gasteiger partial charge is 0.223 e. The zero-order valence-electron chi connectivity index (χ0n) is 14.2. The van der Waals surface area contributed by atoms with Crippen LogP contribution >= 0.6 is 27.5 Å². The minimum atomic E-state index is -3.66. The fourth-order valence-electron chi connectivity index (χ4n) is 4.72. The van der Waals surface area contributed by atoms with E-state index in [4.69, 9.17) is 11.6 Å². The number of hydrogen-bond acceptors (Lipinski definition) is 2. The maximum Gasteiger partial charge on any atom is 0.184 e.